The maximum atomic E-state index is 6.20. The third kappa shape index (κ3) is 17.2. The molecule has 0 aromatic heterocycles. The summed E-state index contributed by atoms with van der Waals surface area (Å²) in [5.74, 6) is 3.77. The van der Waals surface area contributed by atoms with Gasteiger partial charge in [0.05, 0.1) is 0 Å². The first-order valence-electron chi connectivity index (χ1n) is 29.1. The van der Waals surface area contributed by atoms with Crippen LogP contribution in [0.4, 0.5) is 0 Å². The van der Waals surface area contributed by atoms with Gasteiger partial charge < -0.3 is 37.9 Å². The lowest BCUT2D eigenvalue weighted by atomic mass is 9.92. The van der Waals surface area contributed by atoms with Crippen LogP contribution in [0.3, 0.4) is 0 Å². The van der Waals surface area contributed by atoms with Crippen molar-refractivity contribution in [2.75, 3.05) is 55.6 Å². The van der Waals surface area contributed by atoms with Crippen molar-refractivity contribution >= 4 is 43.1 Å². The Labute approximate surface area is 445 Å². The Balaban J connectivity index is 0.987. The molecule has 0 N–H and O–H groups in total. The Bertz CT molecular complexity index is 2220. The molecule has 0 radical (unpaired) electrons. The number of benzene rings is 6. The molecule has 0 atom stereocenters. The van der Waals surface area contributed by atoms with E-state index in [0.29, 0.717) is 0 Å². The maximum Gasteiger partial charge on any atom is 0.188 e. The molecule has 8 nitrogen and oxygen atoms in total. The number of aryl methyl sites for hydroxylation is 4. The Kier molecular flexibility index (Phi) is 25.3. The van der Waals surface area contributed by atoms with Gasteiger partial charge in [0, 0.05) is 50.7 Å². The molecule has 74 heavy (non-hydrogen) atoms. The van der Waals surface area contributed by atoms with Crippen LogP contribution in [0, 0.1) is 0 Å². The summed E-state index contributed by atoms with van der Waals surface area (Å²) in [5, 5.41) is 10.2. The van der Waals surface area contributed by atoms with E-state index in [1.54, 1.807) is 28.4 Å². The third-order valence-corrected chi connectivity index (χ3v) is 15.6. The van der Waals surface area contributed by atoms with Crippen molar-refractivity contribution in [3.63, 3.8) is 0 Å². The Morgan fingerprint density at radius 3 is 0.595 bits per heavy atom. The van der Waals surface area contributed by atoms with Gasteiger partial charge in [-0.2, -0.15) is 0 Å². The summed E-state index contributed by atoms with van der Waals surface area (Å²) in [6.07, 6.45) is 37.3. The highest BCUT2D eigenvalue weighted by Crippen LogP contribution is 2.39. The van der Waals surface area contributed by atoms with Crippen molar-refractivity contribution in [1.82, 2.24) is 0 Å². The molecule has 4 aliphatic rings. The van der Waals surface area contributed by atoms with Crippen molar-refractivity contribution in [3.8, 4) is 23.0 Å². The van der Waals surface area contributed by atoms with Gasteiger partial charge in [-0.1, -0.05) is 166 Å². The minimum absolute atomic E-state index is 0.252. The van der Waals surface area contributed by atoms with Crippen LogP contribution in [0.1, 0.15) is 189 Å². The molecule has 12 bridgehead atoms. The number of methoxy groups -OCH3 is 4. The fourth-order valence-electron chi connectivity index (χ4n) is 11.6. The van der Waals surface area contributed by atoms with E-state index in [1.165, 1.54) is 207 Å². The van der Waals surface area contributed by atoms with Crippen molar-refractivity contribution in [2.45, 2.75) is 193 Å². The fraction of sp³-hybridized carbons (Fsp3) is 0.576. The summed E-state index contributed by atoms with van der Waals surface area (Å²) in [6, 6.07) is 27.1. The van der Waals surface area contributed by atoms with E-state index in [-0.39, 0.29) is 27.2 Å². The maximum absolute atomic E-state index is 6.20. The zero-order chi connectivity index (χ0) is 51.4. The van der Waals surface area contributed by atoms with Crippen LogP contribution >= 0.6 is 0 Å². The van der Waals surface area contributed by atoms with E-state index < -0.39 is 0 Å². The average Bonchev–Trinajstić information content (AvgIpc) is 3.42. The molecule has 0 spiro atoms. The van der Waals surface area contributed by atoms with E-state index in [2.05, 4.69) is 72.8 Å². The van der Waals surface area contributed by atoms with E-state index in [9.17, 15) is 0 Å². The summed E-state index contributed by atoms with van der Waals surface area (Å²) >= 11 is 0. The van der Waals surface area contributed by atoms with Crippen molar-refractivity contribution in [2.24, 2.45) is 0 Å². The van der Waals surface area contributed by atoms with Gasteiger partial charge in [0.2, 0.25) is 0 Å². The van der Waals surface area contributed by atoms with Crippen molar-refractivity contribution < 1.29 is 37.9 Å². The van der Waals surface area contributed by atoms with Crippen LogP contribution in [0.2, 0.25) is 0 Å². The summed E-state index contributed by atoms with van der Waals surface area (Å²) in [7, 11) is 6.79. The van der Waals surface area contributed by atoms with Crippen LogP contribution in [0.5, 0.6) is 23.0 Å². The van der Waals surface area contributed by atoms with E-state index >= 15 is 0 Å². The van der Waals surface area contributed by atoms with Gasteiger partial charge >= 0.3 is 0 Å². The number of hydrogen-bond donors (Lipinski definition) is 0. The highest BCUT2D eigenvalue weighted by Gasteiger charge is 2.17. The van der Waals surface area contributed by atoms with Crippen LogP contribution in [0.25, 0.3) is 43.1 Å². The SMILES string of the molecule is COCOc1ccc2cc3c4c(OCOC)ccc3cc2c1CCCCCCCCCCCCCCCc1c(OCOC)ccc2cc3c(c(OCOC)ccc3cc12)CCCCCCCCCCCCCCC4. The van der Waals surface area contributed by atoms with Gasteiger partial charge in [-0.3, -0.25) is 0 Å². The number of hydrogen-bond acceptors (Lipinski definition) is 8. The first-order chi connectivity index (χ1) is 36.6. The normalized spacial score (nSPS) is 16.8. The second-order valence-electron chi connectivity index (χ2n) is 21.2. The first kappa shape index (κ1) is 57.1. The predicted molar refractivity (Wildman–Crippen MR) is 308 cm³/mol. The molecule has 0 unspecified atom stereocenters. The van der Waals surface area contributed by atoms with Crippen LogP contribution in [-0.2, 0) is 44.6 Å². The topological polar surface area (TPSA) is 73.8 Å². The second-order valence-corrected chi connectivity index (χ2v) is 21.2. The molecule has 8 heteroatoms. The van der Waals surface area contributed by atoms with E-state index in [1.807, 2.05) is 0 Å². The van der Waals surface area contributed by atoms with Gasteiger partial charge in [-0.25, -0.2) is 0 Å². The highest BCUT2D eigenvalue weighted by molar-refractivity contribution is 6.03. The first-order valence-corrected chi connectivity index (χ1v) is 29.1. The fourth-order valence-corrected chi connectivity index (χ4v) is 11.6. The largest absolute Gasteiger partial charge is 0.467 e. The zero-order valence-corrected chi connectivity index (χ0v) is 46.2. The summed E-state index contributed by atoms with van der Waals surface area (Å²) in [5.41, 5.74) is 5.20. The lowest BCUT2D eigenvalue weighted by Crippen LogP contribution is -2.04. The molecular weight excluding hydrogens is 921 g/mol. The average molecular weight is 1010 g/mol. The molecule has 6 aromatic rings. The molecule has 0 fully saturated rings. The molecule has 4 aliphatic carbocycles. The monoisotopic (exact) mass is 1010 g/mol. The van der Waals surface area contributed by atoms with Crippen LogP contribution in [-0.4, -0.2) is 55.6 Å². The lowest BCUT2D eigenvalue weighted by molar-refractivity contribution is 0.0503. The van der Waals surface area contributed by atoms with Crippen LogP contribution < -0.4 is 18.9 Å². The van der Waals surface area contributed by atoms with E-state index in [0.717, 1.165) is 74.4 Å². The van der Waals surface area contributed by atoms with Crippen molar-refractivity contribution in [1.29, 1.82) is 0 Å². The quantitative estimate of drug-likeness (QED) is 0.0887. The van der Waals surface area contributed by atoms with Crippen molar-refractivity contribution in [3.05, 3.63) is 95.1 Å². The molecule has 0 heterocycles. The molecule has 404 valence electrons. The Hall–Kier alpha value is -4.60. The smallest absolute Gasteiger partial charge is 0.188 e. The van der Waals surface area contributed by atoms with Gasteiger partial charge in [0.15, 0.2) is 27.2 Å². The molecular formula is C66H92O8. The molecule has 0 saturated carbocycles. The molecule has 10 rings (SSSR count). The third-order valence-electron chi connectivity index (χ3n) is 15.6. The summed E-state index contributed by atoms with van der Waals surface area (Å²) in [6.45, 7) is 1.01. The van der Waals surface area contributed by atoms with Gasteiger partial charge in [0.25, 0.3) is 0 Å². The van der Waals surface area contributed by atoms with Gasteiger partial charge in [0.1, 0.15) is 23.0 Å². The Morgan fingerprint density at radius 1 is 0.243 bits per heavy atom. The predicted octanol–water partition coefficient (Wildman–Crippen LogP) is 18.3. The van der Waals surface area contributed by atoms with E-state index in [4.69, 9.17) is 37.9 Å². The second kappa shape index (κ2) is 32.8. The summed E-state index contributed by atoms with van der Waals surface area (Å²) < 4.78 is 46.3. The number of rotatable bonds is 12. The van der Waals surface area contributed by atoms with Gasteiger partial charge in [-0.05, 0) is 143 Å². The summed E-state index contributed by atoms with van der Waals surface area (Å²) in [4.78, 5) is 0. The lowest BCUT2D eigenvalue weighted by Gasteiger charge is -2.17. The minimum Gasteiger partial charge on any atom is -0.467 e. The molecule has 6 aromatic carbocycles. The minimum atomic E-state index is 0.252. The zero-order valence-electron chi connectivity index (χ0n) is 46.2. The number of ether oxygens (including phenoxy) is 8. The standard InChI is InChI=1S/C66H92O8/c1-67-47-71-63-39-35-51-44-60-52-36-40-64(72-48-68-2)56(60)32-28-24-20-16-13-9-6-10-14-18-22-26-30-34-58-62-46-53-37-41-65(73-49-69-3)57(61(53)45-54(62)38-42-66(58)74-50-70-4)33-29-25-21-17-12-8-5-7-11-15-19-23-27-31-55(63)59(51)43-52/h35-46H,5-34,47-50H2,1-4H3. The highest BCUT2D eigenvalue weighted by atomic mass is 16.7. The molecule has 0 aliphatic heterocycles. The molecule has 0 saturated heterocycles. The Morgan fingerprint density at radius 2 is 0.419 bits per heavy atom. The van der Waals surface area contributed by atoms with Gasteiger partial charge in [-0.15, -0.1) is 0 Å². The molecule has 0 amide bonds. The van der Waals surface area contributed by atoms with Crippen LogP contribution in [0.15, 0.2) is 72.8 Å².